The molecule has 2 nitrogen and oxygen atoms in total. The summed E-state index contributed by atoms with van der Waals surface area (Å²) in [5.41, 5.74) is 0.698. The molecule has 0 amide bonds. The van der Waals surface area contributed by atoms with Gasteiger partial charge in [-0.15, -0.1) is 0 Å². The molecule has 2 atom stereocenters. The van der Waals surface area contributed by atoms with Crippen LogP contribution in [0.15, 0.2) is 0 Å². The van der Waals surface area contributed by atoms with E-state index in [1.165, 1.54) is 26.1 Å². The predicted molar refractivity (Wildman–Crippen MR) is 42.0 cm³/mol. The van der Waals surface area contributed by atoms with E-state index in [0.29, 0.717) is 5.41 Å². The summed E-state index contributed by atoms with van der Waals surface area (Å²) < 4.78 is 0. The van der Waals surface area contributed by atoms with E-state index < -0.39 is 0 Å². The molecule has 1 saturated carbocycles. The highest BCUT2D eigenvalue weighted by molar-refractivity contribution is 5.10. The van der Waals surface area contributed by atoms with Crippen molar-refractivity contribution in [1.82, 2.24) is 10.2 Å². The third kappa shape index (κ3) is 0.867. The van der Waals surface area contributed by atoms with Crippen LogP contribution in [0.5, 0.6) is 0 Å². The zero-order valence-electron chi connectivity index (χ0n) is 6.85. The molecule has 0 radical (unpaired) electrons. The third-order valence-corrected chi connectivity index (χ3v) is 2.86. The fourth-order valence-electron chi connectivity index (χ4n) is 2.31. The average Bonchev–Trinajstić information content (AvgIpc) is 2.33. The van der Waals surface area contributed by atoms with Crippen LogP contribution in [-0.2, 0) is 0 Å². The minimum Gasteiger partial charge on any atom is -0.316 e. The maximum atomic E-state index is 3.44. The normalized spacial score (nSPS) is 44.1. The van der Waals surface area contributed by atoms with Crippen LogP contribution in [0.1, 0.15) is 6.42 Å². The van der Waals surface area contributed by atoms with Gasteiger partial charge in [0.05, 0.1) is 0 Å². The summed E-state index contributed by atoms with van der Waals surface area (Å²) in [5.74, 6) is 1.01. The van der Waals surface area contributed by atoms with Crippen LogP contribution in [0, 0.1) is 11.3 Å². The van der Waals surface area contributed by atoms with Crippen molar-refractivity contribution in [2.24, 2.45) is 11.3 Å². The van der Waals surface area contributed by atoms with Gasteiger partial charge in [0, 0.05) is 13.1 Å². The van der Waals surface area contributed by atoms with Crippen molar-refractivity contribution in [3.63, 3.8) is 0 Å². The Morgan fingerprint density at radius 2 is 2.40 bits per heavy atom. The van der Waals surface area contributed by atoms with E-state index in [1.807, 2.05) is 0 Å². The molecule has 1 aliphatic carbocycles. The Bertz CT molecular complexity index is 144. The summed E-state index contributed by atoms with van der Waals surface area (Å²) in [4.78, 5) is 2.31. The highest BCUT2D eigenvalue weighted by Crippen LogP contribution is 2.54. The van der Waals surface area contributed by atoms with Gasteiger partial charge in [-0.3, -0.25) is 0 Å². The monoisotopic (exact) mass is 140 g/mol. The van der Waals surface area contributed by atoms with E-state index in [4.69, 9.17) is 0 Å². The van der Waals surface area contributed by atoms with E-state index >= 15 is 0 Å². The van der Waals surface area contributed by atoms with Gasteiger partial charge in [0.1, 0.15) is 0 Å². The first kappa shape index (κ1) is 6.62. The molecule has 0 aromatic rings. The molecule has 0 aromatic carbocycles. The van der Waals surface area contributed by atoms with Gasteiger partial charge >= 0.3 is 0 Å². The zero-order valence-corrected chi connectivity index (χ0v) is 6.85. The average molecular weight is 140 g/mol. The maximum Gasteiger partial charge on any atom is 0.00473 e. The summed E-state index contributed by atoms with van der Waals surface area (Å²) in [6.45, 7) is 3.81. The molecule has 1 aliphatic heterocycles. The quantitative estimate of drug-likeness (QED) is 0.587. The minimum atomic E-state index is 0.698. The van der Waals surface area contributed by atoms with Gasteiger partial charge < -0.3 is 10.2 Å². The number of rotatable bonds is 2. The van der Waals surface area contributed by atoms with Gasteiger partial charge in [-0.1, -0.05) is 0 Å². The van der Waals surface area contributed by atoms with Gasteiger partial charge in [0.25, 0.3) is 0 Å². The Morgan fingerprint density at radius 1 is 1.60 bits per heavy atom. The van der Waals surface area contributed by atoms with Crippen molar-refractivity contribution in [2.75, 3.05) is 33.7 Å². The van der Waals surface area contributed by atoms with Gasteiger partial charge in [-0.2, -0.15) is 0 Å². The van der Waals surface area contributed by atoms with E-state index in [0.717, 1.165) is 5.92 Å². The van der Waals surface area contributed by atoms with Gasteiger partial charge in [-0.25, -0.2) is 0 Å². The number of fused-ring (bicyclic) bond motifs is 1. The maximum absolute atomic E-state index is 3.44. The van der Waals surface area contributed by atoms with E-state index in [1.54, 1.807) is 0 Å². The van der Waals surface area contributed by atoms with Crippen LogP contribution < -0.4 is 5.32 Å². The third-order valence-electron chi connectivity index (χ3n) is 2.86. The molecule has 1 heterocycles. The van der Waals surface area contributed by atoms with Crippen LogP contribution >= 0.6 is 0 Å². The number of hydrogen-bond donors (Lipinski definition) is 1. The Balaban J connectivity index is 1.93. The first-order chi connectivity index (χ1) is 4.73. The first-order valence-corrected chi connectivity index (χ1v) is 4.08. The summed E-state index contributed by atoms with van der Waals surface area (Å²) in [7, 11) is 4.34. The van der Waals surface area contributed by atoms with Gasteiger partial charge in [0.2, 0.25) is 0 Å². The largest absolute Gasteiger partial charge is 0.316 e. The minimum absolute atomic E-state index is 0.698. The predicted octanol–water partition coefficient (Wildman–Crippen LogP) is 0.158. The van der Waals surface area contributed by atoms with Crippen molar-refractivity contribution in [2.45, 2.75) is 6.42 Å². The first-order valence-electron chi connectivity index (χ1n) is 4.08. The van der Waals surface area contributed by atoms with Crippen molar-refractivity contribution in [3.8, 4) is 0 Å². The summed E-state index contributed by atoms with van der Waals surface area (Å²) >= 11 is 0. The lowest BCUT2D eigenvalue weighted by Gasteiger charge is -2.17. The molecule has 10 heavy (non-hydrogen) atoms. The lowest BCUT2D eigenvalue weighted by molar-refractivity contribution is 0.311. The number of nitrogens with zero attached hydrogens (tertiary/aromatic N) is 1. The standard InChI is InChI=1S/C8H16N2/c1-10(2)6-8-3-7(8)4-9-5-8/h7,9H,3-6H2,1-2H3/t7-,8-/m0/s1. The summed E-state index contributed by atoms with van der Waals surface area (Å²) in [6, 6.07) is 0. The highest BCUT2D eigenvalue weighted by atomic mass is 15.1. The number of nitrogens with one attached hydrogen (secondary N) is 1. The molecule has 2 heteroatoms. The van der Waals surface area contributed by atoms with Crippen molar-refractivity contribution < 1.29 is 0 Å². The molecular formula is C8H16N2. The van der Waals surface area contributed by atoms with Crippen molar-refractivity contribution in [3.05, 3.63) is 0 Å². The fraction of sp³-hybridized carbons (Fsp3) is 1.00. The van der Waals surface area contributed by atoms with Crippen LogP contribution in [0.25, 0.3) is 0 Å². The SMILES string of the molecule is CN(C)C[C@]12CNC[C@@H]1C2. The number of hydrogen-bond acceptors (Lipinski definition) is 2. The molecule has 2 rings (SSSR count). The molecule has 0 spiro atoms. The van der Waals surface area contributed by atoms with E-state index in [9.17, 15) is 0 Å². The second-order valence-electron chi connectivity index (χ2n) is 4.13. The van der Waals surface area contributed by atoms with E-state index in [-0.39, 0.29) is 0 Å². The second kappa shape index (κ2) is 1.95. The van der Waals surface area contributed by atoms with Crippen molar-refractivity contribution >= 4 is 0 Å². The van der Waals surface area contributed by atoms with Crippen LogP contribution in [-0.4, -0.2) is 38.6 Å². The molecule has 0 aromatic heterocycles. The molecule has 1 N–H and O–H groups in total. The summed E-state index contributed by atoms with van der Waals surface area (Å²) in [6.07, 6.45) is 1.47. The lowest BCUT2D eigenvalue weighted by atomic mass is 10.1. The highest BCUT2D eigenvalue weighted by Gasteiger charge is 2.56. The molecule has 58 valence electrons. The molecule has 2 fully saturated rings. The molecule has 0 bridgehead atoms. The Hall–Kier alpha value is -0.0800. The van der Waals surface area contributed by atoms with E-state index in [2.05, 4.69) is 24.3 Å². The topological polar surface area (TPSA) is 15.3 Å². The van der Waals surface area contributed by atoms with Crippen LogP contribution in [0.3, 0.4) is 0 Å². The zero-order chi connectivity index (χ0) is 7.19. The summed E-state index contributed by atoms with van der Waals surface area (Å²) in [5, 5.41) is 3.44. The number of piperidine rings is 1. The molecule has 0 unspecified atom stereocenters. The van der Waals surface area contributed by atoms with Gasteiger partial charge in [0.15, 0.2) is 0 Å². The molecular weight excluding hydrogens is 124 g/mol. The molecule has 1 saturated heterocycles. The smallest absolute Gasteiger partial charge is 0.00473 e. The van der Waals surface area contributed by atoms with Crippen LogP contribution in [0.4, 0.5) is 0 Å². The second-order valence-corrected chi connectivity index (χ2v) is 4.13. The molecule has 2 aliphatic rings. The Morgan fingerprint density at radius 3 is 2.80 bits per heavy atom. The Labute approximate surface area is 62.6 Å². The Kier molecular flexibility index (Phi) is 1.29. The van der Waals surface area contributed by atoms with Crippen LogP contribution in [0.2, 0.25) is 0 Å². The van der Waals surface area contributed by atoms with Crippen molar-refractivity contribution in [1.29, 1.82) is 0 Å². The van der Waals surface area contributed by atoms with Gasteiger partial charge in [-0.05, 0) is 38.4 Å². The lowest BCUT2D eigenvalue weighted by Crippen LogP contribution is -2.27. The fourth-order valence-corrected chi connectivity index (χ4v) is 2.31.